The lowest BCUT2D eigenvalue weighted by Gasteiger charge is -2.31. The maximum absolute atomic E-state index is 12.1. The first kappa shape index (κ1) is 17.9. The first-order valence-electron chi connectivity index (χ1n) is 7.72. The Hall–Kier alpha value is -1.14. The molecular formula is C15H29N3O3. The van der Waals surface area contributed by atoms with Crippen molar-refractivity contribution in [1.29, 1.82) is 0 Å². The van der Waals surface area contributed by atoms with Crippen LogP contribution < -0.4 is 10.6 Å². The van der Waals surface area contributed by atoms with Crippen molar-refractivity contribution in [3.63, 3.8) is 0 Å². The third kappa shape index (κ3) is 6.44. The number of amides is 1. The molecule has 1 rings (SSSR count). The Morgan fingerprint density at radius 3 is 2.67 bits per heavy atom. The topological polar surface area (TPSA) is 70.7 Å². The van der Waals surface area contributed by atoms with E-state index in [4.69, 9.17) is 4.74 Å². The summed E-state index contributed by atoms with van der Waals surface area (Å²) in [5.41, 5.74) is 0. The highest BCUT2D eigenvalue weighted by Gasteiger charge is 2.25. The largest absolute Gasteiger partial charge is 0.467 e. The minimum Gasteiger partial charge on any atom is -0.467 e. The van der Waals surface area contributed by atoms with Gasteiger partial charge in [-0.3, -0.25) is 9.69 Å². The monoisotopic (exact) mass is 299 g/mol. The summed E-state index contributed by atoms with van der Waals surface area (Å²) in [6, 6.07) is -0.174. The van der Waals surface area contributed by atoms with Crippen molar-refractivity contribution in [2.24, 2.45) is 5.92 Å². The van der Waals surface area contributed by atoms with Crippen LogP contribution in [0.4, 0.5) is 0 Å². The molecule has 1 aliphatic rings. The van der Waals surface area contributed by atoms with Crippen LogP contribution in [-0.4, -0.2) is 62.7 Å². The molecule has 6 heteroatoms. The van der Waals surface area contributed by atoms with Crippen molar-refractivity contribution in [3.05, 3.63) is 0 Å². The van der Waals surface area contributed by atoms with Gasteiger partial charge in [0.2, 0.25) is 5.91 Å². The van der Waals surface area contributed by atoms with Gasteiger partial charge in [-0.05, 0) is 38.8 Å². The van der Waals surface area contributed by atoms with Crippen LogP contribution in [-0.2, 0) is 14.3 Å². The normalized spacial score (nSPS) is 20.4. The molecule has 0 bridgehead atoms. The summed E-state index contributed by atoms with van der Waals surface area (Å²) < 4.78 is 4.76. The molecule has 122 valence electrons. The molecule has 0 radical (unpaired) electrons. The summed E-state index contributed by atoms with van der Waals surface area (Å²) >= 11 is 0. The molecule has 0 saturated carbocycles. The molecule has 0 spiro atoms. The lowest BCUT2D eigenvalue weighted by Crippen LogP contribution is -2.50. The molecule has 2 atom stereocenters. The van der Waals surface area contributed by atoms with Gasteiger partial charge in [-0.15, -0.1) is 0 Å². The minimum atomic E-state index is -0.555. The lowest BCUT2D eigenvalue weighted by molar-refractivity contribution is -0.145. The number of rotatable bonds is 7. The van der Waals surface area contributed by atoms with E-state index in [9.17, 15) is 9.59 Å². The molecule has 2 unspecified atom stereocenters. The van der Waals surface area contributed by atoms with Crippen LogP contribution in [0.25, 0.3) is 0 Å². The molecule has 1 saturated heterocycles. The van der Waals surface area contributed by atoms with E-state index in [1.165, 1.54) is 7.11 Å². The Morgan fingerprint density at radius 2 is 2.14 bits per heavy atom. The second-order valence-corrected chi connectivity index (χ2v) is 6.19. The van der Waals surface area contributed by atoms with Gasteiger partial charge in [-0.2, -0.15) is 0 Å². The van der Waals surface area contributed by atoms with Gasteiger partial charge in [0.15, 0.2) is 0 Å². The van der Waals surface area contributed by atoms with Crippen molar-refractivity contribution < 1.29 is 14.3 Å². The van der Waals surface area contributed by atoms with Crippen LogP contribution in [0.15, 0.2) is 0 Å². The average Bonchev–Trinajstić information content (AvgIpc) is 2.46. The SMILES string of the molecule is COC(=O)C(CC(C)C)NC(=O)CN(C)C1CCCNC1. The highest BCUT2D eigenvalue weighted by atomic mass is 16.5. The van der Waals surface area contributed by atoms with Crippen LogP contribution in [0, 0.1) is 5.92 Å². The molecular weight excluding hydrogens is 270 g/mol. The number of methoxy groups -OCH3 is 1. The summed E-state index contributed by atoms with van der Waals surface area (Å²) in [5.74, 6) is -0.187. The van der Waals surface area contributed by atoms with E-state index in [1.54, 1.807) is 0 Å². The Balaban J connectivity index is 2.46. The summed E-state index contributed by atoms with van der Waals surface area (Å²) in [5, 5.41) is 6.13. The Bertz CT molecular complexity index is 341. The Kier molecular flexibility index (Phi) is 7.67. The first-order valence-corrected chi connectivity index (χ1v) is 7.72. The molecule has 1 heterocycles. The third-order valence-electron chi connectivity index (χ3n) is 3.82. The van der Waals surface area contributed by atoms with E-state index < -0.39 is 6.04 Å². The number of nitrogens with zero attached hydrogens (tertiary/aromatic N) is 1. The molecule has 6 nitrogen and oxygen atoms in total. The Labute approximate surface area is 127 Å². The number of carbonyl (C=O) groups is 2. The quantitative estimate of drug-likeness (QED) is 0.665. The number of ether oxygens (including phenoxy) is 1. The van der Waals surface area contributed by atoms with Gasteiger partial charge >= 0.3 is 5.97 Å². The fourth-order valence-electron chi connectivity index (χ4n) is 2.63. The van der Waals surface area contributed by atoms with E-state index >= 15 is 0 Å². The summed E-state index contributed by atoms with van der Waals surface area (Å²) in [7, 11) is 3.30. The zero-order valence-electron chi connectivity index (χ0n) is 13.6. The van der Waals surface area contributed by atoms with Crippen molar-refractivity contribution in [2.45, 2.75) is 45.2 Å². The second-order valence-electron chi connectivity index (χ2n) is 6.19. The van der Waals surface area contributed by atoms with Crippen LogP contribution in [0.3, 0.4) is 0 Å². The van der Waals surface area contributed by atoms with Gasteiger partial charge in [-0.1, -0.05) is 13.8 Å². The molecule has 0 aliphatic carbocycles. The van der Waals surface area contributed by atoms with Crippen LogP contribution in [0.5, 0.6) is 0 Å². The smallest absolute Gasteiger partial charge is 0.328 e. The summed E-state index contributed by atoms with van der Waals surface area (Å²) in [6.07, 6.45) is 2.82. The average molecular weight is 299 g/mol. The van der Waals surface area contributed by atoms with Crippen molar-refractivity contribution in [3.8, 4) is 0 Å². The van der Waals surface area contributed by atoms with Crippen molar-refractivity contribution >= 4 is 11.9 Å². The first-order chi connectivity index (χ1) is 9.93. The molecule has 0 aromatic rings. The van der Waals surface area contributed by atoms with Crippen molar-refractivity contribution in [1.82, 2.24) is 15.5 Å². The third-order valence-corrected chi connectivity index (χ3v) is 3.82. The van der Waals surface area contributed by atoms with Gasteiger partial charge in [0.25, 0.3) is 0 Å². The number of hydrogen-bond donors (Lipinski definition) is 2. The standard InChI is InChI=1S/C15H29N3O3/c1-11(2)8-13(15(20)21-4)17-14(19)10-18(3)12-6-5-7-16-9-12/h11-13,16H,5-10H2,1-4H3,(H,17,19). The minimum absolute atomic E-state index is 0.126. The fourth-order valence-corrected chi connectivity index (χ4v) is 2.63. The van der Waals surface area contributed by atoms with Crippen molar-refractivity contribution in [2.75, 3.05) is 33.8 Å². The zero-order chi connectivity index (χ0) is 15.8. The Morgan fingerprint density at radius 1 is 1.43 bits per heavy atom. The highest BCUT2D eigenvalue weighted by Crippen LogP contribution is 2.09. The van der Waals surface area contributed by atoms with Gasteiger partial charge in [0.05, 0.1) is 13.7 Å². The van der Waals surface area contributed by atoms with E-state index in [2.05, 4.69) is 10.6 Å². The maximum Gasteiger partial charge on any atom is 0.328 e. The van der Waals surface area contributed by atoms with E-state index in [0.717, 1.165) is 25.9 Å². The number of piperidine rings is 1. The second kappa shape index (κ2) is 9.00. The molecule has 21 heavy (non-hydrogen) atoms. The number of carbonyl (C=O) groups excluding carboxylic acids is 2. The predicted molar refractivity (Wildman–Crippen MR) is 81.9 cm³/mol. The molecule has 1 aliphatic heterocycles. The van der Waals surface area contributed by atoms with Gasteiger partial charge in [0.1, 0.15) is 6.04 Å². The van der Waals surface area contributed by atoms with E-state index in [0.29, 0.717) is 24.9 Å². The summed E-state index contributed by atoms with van der Waals surface area (Å²) in [6.45, 7) is 6.30. The number of hydrogen-bond acceptors (Lipinski definition) is 5. The highest BCUT2D eigenvalue weighted by molar-refractivity contribution is 5.85. The summed E-state index contributed by atoms with van der Waals surface area (Å²) in [4.78, 5) is 25.9. The van der Waals surface area contributed by atoms with Crippen LogP contribution in [0.1, 0.15) is 33.1 Å². The van der Waals surface area contributed by atoms with Gasteiger partial charge in [0, 0.05) is 12.6 Å². The molecule has 1 amide bonds. The molecule has 0 aromatic carbocycles. The van der Waals surface area contributed by atoms with Gasteiger partial charge in [-0.25, -0.2) is 4.79 Å². The number of likely N-dealkylation sites (N-methyl/N-ethyl adjacent to an activating group) is 1. The van der Waals surface area contributed by atoms with Gasteiger partial charge < -0.3 is 15.4 Å². The predicted octanol–water partition coefficient (Wildman–Crippen LogP) is 0.374. The maximum atomic E-state index is 12.1. The van der Waals surface area contributed by atoms with Crippen LogP contribution in [0.2, 0.25) is 0 Å². The number of esters is 1. The van der Waals surface area contributed by atoms with E-state index in [1.807, 2.05) is 25.8 Å². The molecule has 1 fully saturated rings. The van der Waals surface area contributed by atoms with Crippen LogP contribution >= 0.6 is 0 Å². The fraction of sp³-hybridized carbons (Fsp3) is 0.867. The number of nitrogens with one attached hydrogen (secondary N) is 2. The molecule has 2 N–H and O–H groups in total. The molecule has 0 aromatic heterocycles. The zero-order valence-corrected chi connectivity index (χ0v) is 13.6. The lowest BCUT2D eigenvalue weighted by atomic mass is 10.0. The van der Waals surface area contributed by atoms with E-state index in [-0.39, 0.29) is 11.9 Å².